The summed E-state index contributed by atoms with van der Waals surface area (Å²) >= 11 is 0. The molecule has 1 aromatic heterocycles. The zero-order chi connectivity index (χ0) is 13.0. The summed E-state index contributed by atoms with van der Waals surface area (Å²) in [4.78, 5) is 18.2. The minimum Gasteiger partial charge on any atom is -0.396 e. The van der Waals surface area contributed by atoms with Gasteiger partial charge in [-0.25, -0.2) is 4.98 Å². The van der Waals surface area contributed by atoms with E-state index < -0.39 is 0 Å². The van der Waals surface area contributed by atoms with Crippen molar-refractivity contribution < 1.29 is 9.90 Å². The minimum absolute atomic E-state index is 0.0407. The van der Waals surface area contributed by atoms with Gasteiger partial charge >= 0.3 is 0 Å². The maximum absolute atomic E-state index is 12.4. The van der Waals surface area contributed by atoms with Crippen molar-refractivity contribution in [3.8, 4) is 0 Å². The van der Waals surface area contributed by atoms with Crippen molar-refractivity contribution in [1.82, 2.24) is 9.88 Å². The molecule has 1 amide bonds. The van der Waals surface area contributed by atoms with Crippen LogP contribution >= 0.6 is 0 Å². The molecule has 5 heteroatoms. The summed E-state index contributed by atoms with van der Waals surface area (Å²) in [5.74, 6) is 0.247. The number of carbonyl (C=O) groups is 1. The van der Waals surface area contributed by atoms with Gasteiger partial charge in [-0.2, -0.15) is 0 Å². The first-order valence-corrected chi connectivity index (χ1v) is 6.36. The largest absolute Gasteiger partial charge is 0.396 e. The molecule has 1 saturated heterocycles. The highest BCUT2D eigenvalue weighted by Gasteiger charge is 2.29. The van der Waals surface area contributed by atoms with Gasteiger partial charge < -0.3 is 15.7 Å². The molecule has 0 spiro atoms. The number of nitrogens with two attached hydrogens (primary N) is 1. The molecular weight excluding hydrogens is 230 g/mol. The lowest BCUT2D eigenvalue weighted by Gasteiger charge is -2.24. The van der Waals surface area contributed by atoms with Gasteiger partial charge in [0, 0.05) is 25.4 Å². The highest BCUT2D eigenvalue weighted by Crippen LogP contribution is 2.24. The Kier molecular flexibility index (Phi) is 4.15. The number of aliphatic hydroxyl groups excluding tert-OH is 1. The number of pyridine rings is 1. The zero-order valence-electron chi connectivity index (χ0n) is 10.4. The number of nitrogen functional groups attached to an aromatic ring is 1. The van der Waals surface area contributed by atoms with Crippen LogP contribution in [-0.4, -0.2) is 40.1 Å². The normalized spacial score (nSPS) is 19.2. The van der Waals surface area contributed by atoms with Crippen LogP contribution in [0.5, 0.6) is 0 Å². The van der Waals surface area contributed by atoms with E-state index in [0.717, 1.165) is 32.2 Å². The first-order chi connectivity index (χ1) is 8.74. The third kappa shape index (κ3) is 2.61. The lowest BCUT2D eigenvalue weighted by Crippen LogP contribution is -2.36. The molecule has 1 aliphatic rings. The van der Waals surface area contributed by atoms with Crippen molar-refractivity contribution in [2.45, 2.75) is 31.7 Å². The van der Waals surface area contributed by atoms with Gasteiger partial charge in [0.15, 0.2) is 0 Å². The molecule has 0 radical (unpaired) electrons. The molecule has 1 fully saturated rings. The van der Waals surface area contributed by atoms with Gasteiger partial charge in [-0.1, -0.05) is 0 Å². The topological polar surface area (TPSA) is 79.5 Å². The Morgan fingerprint density at radius 2 is 2.44 bits per heavy atom. The molecule has 1 aromatic rings. The molecular formula is C13H19N3O2. The van der Waals surface area contributed by atoms with Crippen LogP contribution in [0.4, 0.5) is 5.82 Å². The van der Waals surface area contributed by atoms with Crippen molar-refractivity contribution in [3.05, 3.63) is 23.9 Å². The number of rotatable bonds is 4. The van der Waals surface area contributed by atoms with E-state index in [2.05, 4.69) is 4.98 Å². The predicted octanol–water partition coefficient (Wildman–Crippen LogP) is 1.04. The summed E-state index contributed by atoms with van der Waals surface area (Å²) in [6.45, 7) is 0.941. The average molecular weight is 249 g/mol. The number of hydrogen-bond acceptors (Lipinski definition) is 4. The molecule has 1 unspecified atom stereocenters. The summed E-state index contributed by atoms with van der Waals surface area (Å²) in [6.07, 6.45) is 5.19. The molecule has 0 aliphatic carbocycles. The van der Waals surface area contributed by atoms with Crippen molar-refractivity contribution in [2.75, 3.05) is 18.9 Å². The summed E-state index contributed by atoms with van der Waals surface area (Å²) in [5, 5.41) is 8.88. The van der Waals surface area contributed by atoms with Crippen molar-refractivity contribution in [3.63, 3.8) is 0 Å². The summed E-state index contributed by atoms with van der Waals surface area (Å²) in [5.41, 5.74) is 6.22. The SMILES string of the molecule is Nc1ncccc1C(=O)N1CCCC1CCCO. The number of nitrogens with zero attached hydrogens (tertiary/aromatic N) is 2. The fraction of sp³-hybridized carbons (Fsp3) is 0.538. The second-order valence-corrected chi connectivity index (χ2v) is 4.60. The maximum Gasteiger partial charge on any atom is 0.257 e. The number of anilines is 1. The van der Waals surface area contributed by atoms with E-state index in [9.17, 15) is 4.79 Å². The Morgan fingerprint density at radius 3 is 3.17 bits per heavy atom. The van der Waals surface area contributed by atoms with Crippen LogP contribution in [0.25, 0.3) is 0 Å². The Morgan fingerprint density at radius 1 is 1.61 bits per heavy atom. The van der Waals surface area contributed by atoms with Gasteiger partial charge in [0.05, 0.1) is 5.56 Å². The van der Waals surface area contributed by atoms with Gasteiger partial charge in [-0.05, 0) is 37.8 Å². The fourth-order valence-corrected chi connectivity index (χ4v) is 2.48. The van der Waals surface area contributed by atoms with Crippen molar-refractivity contribution >= 4 is 11.7 Å². The van der Waals surface area contributed by atoms with Crippen LogP contribution in [0, 0.1) is 0 Å². The van der Waals surface area contributed by atoms with E-state index in [4.69, 9.17) is 10.8 Å². The molecule has 0 aromatic carbocycles. The fourth-order valence-electron chi connectivity index (χ4n) is 2.48. The predicted molar refractivity (Wildman–Crippen MR) is 69.0 cm³/mol. The average Bonchev–Trinajstić information content (AvgIpc) is 2.84. The Bertz CT molecular complexity index is 422. The first kappa shape index (κ1) is 12.8. The second-order valence-electron chi connectivity index (χ2n) is 4.60. The first-order valence-electron chi connectivity index (χ1n) is 6.36. The van der Waals surface area contributed by atoms with Crippen molar-refractivity contribution in [1.29, 1.82) is 0 Å². The standard InChI is InChI=1S/C13H19N3O2/c14-12-11(6-1-7-15-12)13(18)16-8-2-4-10(16)5-3-9-17/h1,6-7,10,17H,2-5,8-9H2,(H2,14,15). The lowest BCUT2D eigenvalue weighted by molar-refractivity contribution is 0.0725. The van der Waals surface area contributed by atoms with E-state index in [1.165, 1.54) is 0 Å². The van der Waals surface area contributed by atoms with E-state index in [0.29, 0.717) is 5.56 Å². The smallest absolute Gasteiger partial charge is 0.257 e. The van der Waals surface area contributed by atoms with E-state index >= 15 is 0 Å². The summed E-state index contributed by atoms with van der Waals surface area (Å²) in [6, 6.07) is 3.67. The van der Waals surface area contributed by atoms with Crippen LogP contribution in [0.1, 0.15) is 36.0 Å². The van der Waals surface area contributed by atoms with Crippen LogP contribution in [-0.2, 0) is 0 Å². The third-order valence-electron chi connectivity index (χ3n) is 3.40. The van der Waals surface area contributed by atoms with E-state index in [1.54, 1.807) is 18.3 Å². The molecule has 0 saturated carbocycles. The van der Waals surface area contributed by atoms with E-state index in [1.807, 2.05) is 4.90 Å². The van der Waals surface area contributed by atoms with Gasteiger partial charge in [0.25, 0.3) is 5.91 Å². The maximum atomic E-state index is 12.4. The number of carbonyl (C=O) groups excluding carboxylic acids is 1. The number of amides is 1. The van der Waals surface area contributed by atoms with Crippen LogP contribution in [0.2, 0.25) is 0 Å². The highest BCUT2D eigenvalue weighted by atomic mass is 16.3. The van der Waals surface area contributed by atoms with E-state index in [-0.39, 0.29) is 24.4 Å². The number of aromatic nitrogens is 1. The second kappa shape index (κ2) is 5.82. The van der Waals surface area contributed by atoms with Gasteiger partial charge in [0.2, 0.25) is 0 Å². The van der Waals surface area contributed by atoms with Crippen LogP contribution < -0.4 is 5.73 Å². The molecule has 3 N–H and O–H groups in total. The molecule has 2 rings (SSSR count). The Hall–Kier alpha value is -1.62. The molecule has 2 heterocycles. The molecule has 0 bridgehead atoms. The van der Waals surface area contributed by atoms with Gasteiger partial charge in [-0.3, -0.25) is 4.79 Å². The Balaban J connectivity index is 2.10. The molecule has 1 aliphatic heterocycles. The van der Waals surface area contributed by atoms with Crippen molar-refractivity contribution in [2.24, 2.45) is 0 Å². The minimum atomic E-state index is -0.0407. The van der Waals surface area contributed by atoms with Gasteiger partial charge in [0.1, 0.15) is 5.82 Å². The molecule has 98 valence electrons. The summed E-state index contributed by atoms with van der Waals surface area (Å²) < 4.78 is 0. The monoisotopic (exact) mass is 249 g/mol. The zero-order valence-corrected chi connectivity index (χ0v) is 10.4. The number of likely N-dealkylation sites (tertiary alicyclic amines) is 1. The van der Waals surface area contributed by atoms with Gasteiger partial charge in [-0.15, -0.1) is 0 Å². The van der Waals surface area contributed by atoms with Crippen LogP contribution in [0.3, 0.4) is 0 Å². The molecule has 1 atom stereocenters. The summed E-state index contributed by atoms with van der Waals surface area (Å²) in [7, 11) is 0. The quantitative estimate of drug-likeness (QED) is 0.835. The lowest BCUT2D eigenvalue weighted by atomic mass is 10.1. The number of aliphatic hydroxyl groups is 1. The molecule has 18 heavy (non-hydrogen) atoms. The third-order valence-corrected chi connectivity index (χ3v) is 3.40. The highest BCUT2D eigenvalue weighted by molar-refractivity contribution is 5.98. The number of hydrogen-bond donors (Lipinski definition) is 2. The molecule has 5 nitrogen and oxygen atoms in total. The van der Waals surface area contributed by atoms with Crippen LogP contribution in [0.15, 0.2) is 18.3 Å². The Labute approximate surface area is 107 Å².